The van der Waals surface area contributed by atoms with Crippen LogP contribution in [-0.2, 0) is 24.1 Å². The number of carbonyl (C=O) groups is 1. The van der Waals surface area contributed by atoms with Gasteiger partial charge in [0, 0.05) is 4.88 Å². The van der Waals surface area contributed by atoms with Gasteiger partial charge in [-0.3, -0.25) is 5.32 Å². The lowest BCUT2D eigenvalue weighted by Crippen LogP contribution is -2.21. The highest BCUT2D eigenvalue weighted by Gasteiger charge is 2.26. The highest BCUT2D eigenvalue weighted by molar-refractivity contribution is 7.80. The molecule has 1 aromatic carbocycles. The van der Waals surface area contributed by atoms with E-state index in [9.17, 15) is 4.79 Å². The van der Waals surface area contributed by atoms with Crippen molar-refractivity contribution in [2.24, 2.45) is 0 Å². The SMILES string of the molecule is COC(=O)c1c(NC(=S)Nc2ncn(Cc3cccc(C)c3)n2)sc2c1CCCC2. The number of thiocarbonyl (C=S) groups is 1. The van der Waals surface area contributed by atoms with Crippen molar-refractivity contribution in [3.05, 3.63) is 57.7 Å². The monoisotopic (exact) mass is 441 g/mol. The lowest BCUT2D eigenvalue weighted by atomic mass is 9.95. The molecule has 0 spiro atoms. The number of ether oxygens (including phenoxy) is 1. The highest BCUT2D eigenvalue weighted by Crippen LogP contribution is 2.38. The van der Waals surface area contributed by atoms with Crippen molar-refractivity contribution < 1.29 is 9.53 Å². The average Bonchev–Trinajstić information content (AvgIpc) is 3.31. The van der Waals surface area contributed by atoms with E-state index in [2.05, 4.69) is 45.8 Å². The summed E-state index contributed by atoms with van der Waals surface area (Å²) in [6, 6.07) is 8.26. The van der Waals surface area contributed by atoms with Crippen LogP contribution in [0.4, 0.5) is 10.9 Å². The predicted molar refractivity (Wildman–Crippen MR) is 122 cm³/mol. The van der Waals surface area contributed by atoms with Crippen LogP contribution in [-0.4, -0.2) is 33.0 Å². The van der Waals surface area contributed by atoms with Gasteiger partial charge >= 0.3 is 5.97 Å². The summed E-state index contributed by atoms with van der Waals surface area (Å²) in [5.41, 5.74) is 4.04. The first-order valence-electron chi connectivity index (χ1n) is 9.79. The second kappa shape index (κ2) is 8.93. The fourth-order valence-corrected chi connectivity index (χ4v) is 5.17. The van der Waals surface area contributed by atoms with Crippen molar-refractivity contribution >= 4 is 45.6 Å². The van der Waals surface area contributed by atoms with Crippen molar-refractivity contribution in [3.63, 3.8) is 0 Å². The number of rotatable bonds is 5. The summed E-state index contributed by atoms with van der Waals surface area (Å²) < 4.78 is 6.76. The topological polar surface area (TPSA) is 81.1 Å². The van der Waals surface area contributed by atoms with Crippen LogP contribution < -0.4 is 10.6 Å². The number of thiophene rings is 1. The zero-order valence-corrected chi connectivity index (χ0v) is 18.5. The quantitative estimate of drug-likeness (QED) is 0.454. The summed E-state index contributed by atoms with van der Waals surface area (Å²) in [7, 11) is 1.40. The molecule has 3 aromatic rings. The van der Waals surface area contributed by atoms with Crippen molar-refractivity contribution in [1.82, 2.24) is 14.8 Å². The first kappa shape index (κ1) is 20.5. The molecule has 9 heteroatoms. The van der Waals surface area contributed by atoms with Gasteiger partial charge in [0.2, 0.25) is 5.95 Å². The Balaban J connectivity index is 1.45. The van der Waals surface area contributed by atoms with Crippen molar-refractivity contribution in [3.8, 4) is 0 Å². The number of aromatic nitrogens is 3. The number of hydrogen-bond acceptors (Lipinski definition) is 6. The van der Waals surface area contributed by atoms with Crippen LogP contribution in [0.5, 0.6) is 0 Å². The maximum atomic E-state index is 12.4. The molecule has 0 aliphatic heterocycles. The number of hydrogen-bond donors (Lipinski definition) is 2. The van der Waals surface area contributed by atoms with Crippen LogP contribution in [0.3, 0.4) is 0 Å². The molecular weight excluding hydrogens is 418 g/mol. The summed E-state index contributed by atoms with van der Waals surface area (Å²) in [4.78, 5) is 17.9. The molecule has 2 aromatic heterocycles. The van der Waals surface area contributed by atoms with E-state index in [0.29, 0.717) is 28.2 Å². The molecule has 0 bridgehead atoms. The Morgan fingerprint density at radius 2 is 2.13 bits per heavy atom. The number of carbonyl (C=O) groups excluding carboxylic acids is 1. The van der Waals surface area contributed by atoms with E-state index < -0.39 is 0 Å². The fourth-order valence-electron chi connectivity index (χ4n) is 3.63. The number of methoxy groups -OCH3 is 1. The molecule has 0 saturated carbocycles. The third-order valence-corrected chi connectivity index (χ3v) is 6.39. The van der Waals surface area contributed by atoms with Gasteiger partial charge in [0.15, 0.2) is 5.11 Å². The molecule has 1 aliphatic carbocycles. The van der Waals surface area contributed by atoms with Crippen molar-refractivity contribution in [2.45, 2.75) is 39.2 Å². The molecule has 0 unspecified atom stereocenters. The van der Waals surface area contributed by atoms with Crippen LogP contribution in [0.2, 0.25) is 0 Å². The Hall–Kier alpha value is -2.78. The second-order valence-corrected chi connectivity index (χ2v) is 8.75. The second-order valence-electron chi connectivity index (χ2n) is 7.24. The molecule has 2 heterocycles. The van der Waals surface area contributed by atoms with Gasteiger partial charge in [-0.2, -0.15) is 0 Å². The molecule has 156 valence electrons. The predicted octanol–water partition coefficient (Wildman–Crippen LogP) is 4.17. The number of aryl methyl sites for hydroxylation is 2. The van der Waals surface area contributed by atoms with Gasteiger partial charge in [0.25, 0.3) is 0 Å². The molecule has 0 radical (unpaired) electrons. The van der Waals surface area contributed by atoms with Crippen LogP contribution in [0.1, 0.15) is 44.8 Å². The van der Waals surface area contributed by atoms with E-state index in [-0.39, 0.29) is 5.97 Å². The Kier molecular flexibility index (Phi) is 6.10. The first-order chi connectivity index (χ1) is 14.5. The van der Waals surface area contributed by atoms with E-state index in [1.54, 1.807) is 22.3 Å². The summed E-state index contributed by atoms with van der Waals surface area (Å²) in [6.45, 7) is 2.69. The van der Waals surface area contributed by atoms with Gasteiger partial charge in [-0.25, -0.2) is 14.5 Å². The summed E-state index contributed by atoms with van der Waals surface area (Å²) >= 11 is 7.01. The largest absolute Gasteiger partial charge is 0.465 e. The number of fused-ring (bicyclic) bond motifs is 1. The van der Waals surface area contributed by atoms with Crippen LogP contribution >= 0.6 is 23.6 Å². The van der Waals surface area contributed by atoms with E-state index in [4.69, 9.17) is 17.0 Å². The minimum Gasteiger partial charge on any atom is -0.465 e. The van der Waals surface area contributed by atoms with Crippen LogP contribution in [0.15, 0.2) is 30.6 Å². The minimum absolute atomic E-state index is 0.333. The highest BCUT2D eigenvalue weighted by atomic mass is 32.1. The van der Waals surface area contributed by atoms with E-state index in [0.717, 1.165) is 36.8 Å². The zero-order chi connectivity index (χ0) is 21.1. The molecule has 0 atom stereocenters. The zero-order valence-electron chi connectivity index (χ0n) is 16.9. The Morgan fingerprint density at radius 1 is 1.30 bits per heavy atom. The van der Waals surface area contributed by atoms with Gasteiger partial charge in [0.1, 0.15) is 11.3 Å². The standard InChI is InChI=1S/C21H23N5O2S2/c1-13-6-5-7-14(10-13)11-26-12-22-20(25-26)24-21(29)23-18-17(19(27)28-2)15-8-3-4-9-16(15)30-18/h5-7,10,12H,3-4,8-9,11H2,1-2H3,(H2,23,24,25,29). The Labute approximate surface area is 184 Å². The molecule has 0 fully saturated rings. The first-order valence-corrected chi connectivity index (χ1v) is 11.0. The molecular formula is C21H23N5O2S2. The van der Waals surface area contributed by atoms with Crippen molar-refractivity contribution in [1.29, 1.82) is 0 Å². The normalized spacial score (nSPS) is 12.9. The lowest BCUT2D eigenvalue weighted by Gasteiger charge is -2.12. The van der Waals surface area contributed by atoms with Gasteiger partial charge < -0.3 is 10.1 Å². The van der Waals surface area contributed by atoms with Gasteiger partial charge in [0.05, 0.1) is 19.2 Å². The lowest BCUT2D eigenvalue weighted by molar-refractivity contribution is 0.0601. The molecule has 0 amide bonds. The Bertz CT molecular complexity index is 1090. The van der Waals surface area contributed by atoms with E-state index in [1.165, 1.54) is 17.6 Å². The van der Waals surface area contributed by atoms with Gasteiger partial charge in [-0.05, 0) is 56.0 Å². The summed E-state index contributed by atoms with van der Waals surface area (Å²) in [5.74, 6) is 0.0707. The number of nitrogens with one attached hydrogen (secondary N) is 2. The smallest absolute Gasteiger partial charge is 0.341 e. The van der Waals surface area contributed by atoms with Crippen LogP contribution in [0, 0.1) is 6.92 Å². The average molecular weight is 442 g/mol. The maximum absolute atomic E-state index is 12.4. The Morgan fingerprint density at radius 3 is 2.93 bits per heavy atom. The van der Waals surface area contributed by atoms with Crippen LogP contribution in [0.25, 0.3) is 0 Å². The van der Waals surface area contributed by atoms with E-state index in [1.807, 2.05) is 6.07 Å². The third-order valence-electron chi connectivity index (χ3n) is 4.98. The third kappa shape index (κ3) is 4.52. The maximum Gasteiger partial charge on any atom is 0.341 e. The number of benzene rings is 1. The molecule has 30 heavy (non-hydrogen) atoms. The molecule has 1 aliphatic rings. The summed E-state index contributed by atoms with van der Waals surface area (Å²) in [6.07, 6.45) is 5.76. The molecule has 0 saturated heterocycles. The molecule has 2 N–H and O–H groups in total. The summed E-state index contributed by atoms with van der Waals surface area (Å²) in [5, 5.41) is 11.6. The van der Waals surface area contributed by atoms with Crippen molar-refractivity contribution in [2.75, 3.05) is 17.7 Å². The fraction of sp³-hybridized carbons (Fsp3) is 0.333. The van der Waals surface area contributed by atoms with Gasteiger partial charge in [-0.15, -0.1) is 16.4 Å². The molecule has 4 rings (SSSR count). The molecule has 7 nitrogen and oxygen atoms in total. The minimum atomic E-state index is -0.333. The van der Waals surface area contributed by atoms with E-state index >= 15 is 0 Å². The number of nitrogens with zero attached hydrogens (tertiary/aromatic N) is 3. The number of anilines is 2. The van der Waals surface area contributed by atoms with Gasteiger partial charge in [-0.1, -0.05) is 29.8 Å². The number of esters is 1.